The fraction of sp³-hybridized carbons (Fsp3) is 0.214. The second-order valence-corrected chi connectivity index (χ2v) is 8.55. The van der Waals surface area contributed by atoms with E-state index >= 15 is 0 Å². The average Bonchev–Trinajstić information content (AvgIpc) is 2.84. The van der Waals surface area contributed by atoms with Crippen LogP contribution in [0.2, 0.25) is 0 Å². The molecule has 1 heterocycles. The van der Waals surface area contributed by atoms with E-state index in [0.29, 0.717) is 28.0 Å². The van der Waals surface area contributed by atoms with Gasteiger partial charge in [0, 0.05) is 31.0 Å². The molecule has 180 valence electrons. The highest BCUT2D eigenvalue weighted by molar-refractivity contribution is 5.92. The molecule has 1 N–H and O–H groups in total. The van der Waals surface area contributed by atoms with Crippen LogP contribution in [0.4, 0.5) is 11.4 Å². The van der Waals surface area contributed by atoms with Crippen molar-refractivity contribution in [1.29, 1.82) is 0 Å². The molecule has 0 atom stereocenters. The summed E-state index contributed by atoms with van der Waals surface area (Å²) in [6.45, 7) is 3.46. The van der Waals surface area contributed by atoms with Crippen molar-refractivity contribution in [3.05, 3.63) is 82.0 Å². The predicted octanol–water partition coefficient (Wildman–Crippen LogP) is 5.17. The minimum absolute atomic E-state index is 0.00854. The van der Waals surface area contributed by atoms with Gasteiger partial charge in [0.25, 0.3) is 5.91 Å². The number of carbonyl (C=O) groups is 1. The lowest BCUT2D eigenvalue weighted by molar-refractivity contribution is -0.118. The predicted molar refractivity (Wildman–Crippen MR) is 139 cm³/mol. The summed E-state index contributed by atoms with van der Waals surface area (Å²) in [4.78, 5) is 28.1. The summed E-state index contributed by atoms with van der Waals surface area (Å²) in [6.07, 6.45) is 0. The van der Waals surface area contributed by atoms with Crippen LogP contribution in [0.1, 0.15) is 11.1 Å². The maximum atomic E-state index is 13.5. The van der Waals surface area contributed by atoms with Gasteiger partial charge < -0.3 is 24.1 Å². The van der Waals surface area contributed by atoms with Gasteiger partial charge in [0.1, 0.15) is 11.3 Å². The van der Waals surface area contributed by atoms with Crippen LogP contribution >= 0.6 is 0 Å². The minimum atomic E-state index is -0.386. The molecule has 1 aromatic heterocycles. The Balaban J connectivity index is 1.67. The highest BCUT2D eigenvalue weighted by atomic mass is 16.5. The van der Waals surface area contributed by atoms with Crippen molar-refractivity contribution in [3.8, 4) is 22.8 Å². The van der Waals surface area contributed by atoms with Gasteiger partial charge >= 0.3 is 0 Å². The average molecular weight is 473 g/mol. The molecule has 0 aliphatic heterocycles. The van der Waals surface area contributed by atoms with Crippen molar-refractivity contribution < 1.29 is 18.7 Å². The third-order valence-corrected chi connectivity index (χ3v) is 5.65. The van der Waals surface area contributed by atoms with Gasteiger partial charge in [0.15, 0.2) is 12.4 Å². The quantitative estimate of drug-likeness (QED) is 0.400. The van der Waals surface area contributed by atoms with Gasteiger partial charge in [0.2, 0.25) is 11.2 Å². The molecular weight excluding hydrogens is 444 g/mol. The Bertz CT molecular complexity index is 1420. The topological polar surface area (TPSA) is 81.0 Å². The number of amides is 1. The summed E-state index contributed by atoms with van der Waals surface area (Å²) in [5.74, 6) is 0.542. The van der Waals surface area contributed by atoms with Crippen LogP contribution in [0.25, 0.3) is 22.3 Å². The molecule has 0 fully saturated rings. The molecule has 0 aliphatic carbocycles. The molecule has 0 saturated carbocycles. The zero-order chi connectivity index (χ0) is 25.1. The summed E-state index contributed by atoms with van der Waals surface area (Å²) in [7, 11) is 5.47. The maximum Gasteiger partial charge on any atom is 0.262 e. The Morgan fingerprint density at radius 2 is 1.69 bits per heavy atom. The van der Waals surface area contributed by atoms with E-state index < -0.39 is 0 Å². The molecule has 35 heavy (non-hydrogen) atoms. The molecule has 7 heteroatoms. The van der Waals surface area contributed by atoms with Crippen molar-refractivity contribution in [3.63, 3.8) is 0 Å². The lowest BCUT2D eigenvalue weighted by Gasteiger charge is -2.14. The number of nitrogens with one attached hydrogen (secondary N) is 1. The van der Waals surface area contributed by atoms with Crippen LogP contribution < -0.4 is 25.1 Å². The van der Waals surface area contributed by atoms with Crippen LogP contribution in [-0.2, 0) is 4.79 Å². The smallest absolute Gasteiger partial charge is 0.262 e. The number of methoxy groups -OCH3 is 1. The van der Waals surface area contributed by atoms with Crippen molar-refractivity contribution in [1.82, 2.24) is 0 Å². The standard InChI is InChI=1S/C28H28N2O5/c1-17-14-18(2)26-23(15-17)25(32)28(27(35-26)19-6-12-22(33-5)13-7-19)34-16-24(31)29-20-8-10-21(11-9-20)30(3)4/h6-15H,16H2,1-5H3,(H,29,31). The first-order chi connectivity index (χ1) is 16.8. The summed E-state index contributed by atoms with van der Waals surface area (Å²) >= 11 is 0. The summed E-state index contributed by atoms with van der Waals surface area (Å²) < 4.78 is 17.2. The van der Waals surface area contributed by atoms with E-state index in [-0.39, 0.29) is 29.5 Å². The molecule has 0 saturated heterocycles. The van der Waals surface area contributed by atoms with Gasteiger partial charge in [-0.1, -0.05) is 6.07 Å². The highest BCUT2D eigenvalue weighted by Crippen LogP contribution is 2.33. The fourth-order valence-corrected chi connectivity index (χ4v) is 3.87. The van der Waals surface area contributed by atoms with Crippen molar-refractivity contribution in [2.24, 2.45) is 0 Å². The zero-order valence-corrected chi connectivity index (χ0v) is 20.5. The number of anilines is 2. The van der Waals surface area contributed by atoms with Gasteiger partial charge in [-0.15, -0.1) is 0 Å². The number of rotatable bonds is 7. The van der Waals surface area contributed by atoms with E-state index in [1.54, 1.807) is 37.4 Å². The molecule has 7 nitrogen and oxygen atoms in total. The second kappa shape index (κ2) is 9.93. The van der Waals surface area contributed by atoms with Gasteiger partial charge in [-0.3, -0.25) is 9.59 Å². The molecule has 0 bridgehead atoms. The van der Waals surface area contributed by atoms with Gasteiger partial charge in [0.05, 0.1) is 12.5 Å². The Labute approximate surface area is 203 Å². The van der Waals surface area contributed by atoms with E-state index in [2.05, 4.69) is 5.32 Å². The first-order valence-electron chi connectivity index (χ1n) is 11.2. The summed E-state index contributed by atoms with van der Waals surface area (Å²) in [6, 6.07) is 18.3. The number of nitrogens with zero attached hydrogens (tertiary/aromatic N) is 1. The van der Waals surface area contributed by atoms with Gasteiger partial charge in [-0.2, -0.15) is 0 Å². The fourth-order valence-electron chi connectivity index (χ4n) is 3.87. The SMILES string of the molecule is COc1ccc(-c2oc3c(C)cc(C)cc3c(=O)c2OCC(=O)Nc2ccc(N(C)C)cc2)cc1. The van der Waals surface area contributed by atoms with Gasteiger partial charge in [-0.05, 0) is 79.6 Å². The lowest BCUT2D eigenvalue weighted by atomic mass is 10.1. The number of fused-ring (bicyclic) bond motifs is 1. The Kier molecular flexibility index (Phi) is 6.78. The summed E-state index contributed by atoms with van der Waals surface area (Å²) in [5, 5.41) is 3.21. The first-order valence-corrected chi connectivity index (χ1v) is 11.2. The highest BCUT2D eigenvalue weighted by Gasteiger charge is 2.20. The normalized spacial score (nSPS) is 10.8. The summed E-state index contributed by atoms with van der Waals surface area (Å²) in [5.41, 5.74) is 4.23. The Morgan fingerprint density at radius 3 is 2.31 bits per heavy atom. The first kappa shape index (κ1) is 23.9. The van der Waals surface area contributed by atoms with Crippen molar-refractivity contribution in [2.75, 3.05) is 38.0 Å². The Morgan fingerprint density at radius 1 is 1.00 bits per heavy atom. The molecule has 0 radical (unpaired) electrons. The third-order valence-electron chi connectivity index (χ3n) is 5.65. The van der Waals surface area contributed by atoms with Crippen molar-refractivity contribution in [2.45, 2.75) is 13.8 Å². The molecule has 4 aromatic rings. The second-order valence-electron chi connectivity index (χ2n) is 8.55. The molecule has 4 rings (SSSR count). The van der Waals surface area contributed by atoms with Crippen LogP contribution in [0.15, 0.2) is 69.9 Å². The van der Waals surface area contributed by atoms with E-state index in [1.165, 1.54) is 0 Å². The molecule has 1 amide bonds. The van der Waals surface area contributed by atoms with E-state index in [4.69, 9.17) is 13.9 Å². The minimum Gasteiger partial charge on any atom is -0.497 e. The zero-order valence-electron chi connectivity index (χ0n) is 20.5. The number of carbonyl (C=O) groups excluding carboxylic acids is 1. The van der Waals surface area contributed by atoms with E-state index in [9.17, 15) is 9.59 Å². The largest absolute Gasteiger partial charge is 0.497 e. The van der Waals surface area contributed by atoms with Crippen molar-refractivity contribution >= 4 is 28.3 Å². The number of aryl methyl sites for hydroxylation is 2. The van der Waals surface area contributed by atoms with E-state index in [1.807, 2.05) is 63.2 Å². The number of hydrogen-bond donors (Lipinski definition) is 1. The number of ether oxygens (including phenoxy) is 2. The lowest BCUT2D eigenvalue weighted by Crippen LogP contribution is -2.22. The monoisotopic (exact) mass is 472 g/mol. The van der Waals surface area contributed by atoms with Crippen LogP contribution in [0.5, 0.6) is 11.5 Å². The number of benzene rings is 3. The maximum absolute atomic E-state index is 13.5. The van der Waals surface area contributed by atoms with Crippen LogP contribution in [-0.4, -0.2) is 33.7 Å². The molecular formula is C28H28N2O5. The van der Waals surface area contributed by atoms with E-state index in [0.717, 1.165) is 16.8 Å². The third kappa shape index (κ3) is 5.14. The van der Waals surface area contributed by atoms with Crippen LogP contribution in [0, 0.1) is 13.8 Å². The molecule has 0 aliphatic rings. The van der Waals surface area contributed by atoms with Gasteiger partial charge in [-0.25, -0.2) is 0 Å². The number of hydrogen-bond acceptors (Lipinski definition) is 6. The Hall–Kier alpha value is -4.26. The molecule has 0 unspecified atom stereocenters. The molecule has 3 aromatic carbocycles. The molecule has 0 spiro atoms. The van der Waals surface area contributed by atoms with Crippen LogP contribution in [0.3, 0.4) is 0 Å².